The number of nitrogen functional groups attached to an aromatic ring is 1. The van der Waals surface area contributed by atoms with E-state index in [9.17, 15) is 36.1 Å². The van der Waals surface area contributed by atoms with Crippen LogP contribution in [0.25, 0.3) is 5.69 Å². The Morgan fingerprint density at radius 2 is 1.58 bits per heavy atom. The summed E-state index contributed by atoms with van der Waals surface area (Å²) >= 11 is 5.92. The van der Waals surface area contributed by atoms with Gasteiger partial charge >= 0.3 is 5.97 Å². The van der Waals surface area contributed by atoms with Crippen LogP contribution in [0.15, 0.2) is 61.2 Å². The van der Waals surface area contributed by atoms with Gasteiger partial charge in [-0.2, -0.15) is 16.8 Å². The number of carboxylic acids is 1. The maximum atomic E-state index is 12.7. The molecule has 0 bridgehead atoms. The highest BCUT2D eigenvalue weighted by molar-refractivity contribution is 7.86. The molecule has 33 heavy (non-hydrogen) atoms. The number of nitrogens with two attached hydrogens (primary N) is 1. The quantitative estimate of drug-likeness (QED) is 0.181. The third kappa shape index (κ3) is 4.94. The number of benzene rings is 2. The highest BCUT2D eigenvalue weighted by Crippen LogP contribution is 2.36. The van der Waals surface area contributed by atoms with Gasteiger partial charge < -0.3 is 10.8 Å². The molecule has 3 aromatic rings. The predicted molar refractivity (Wildman–Crippen MR) is 113 cm³/mol. The second kappa shape index (κ2) is 8.41. The summed E-state index contributed by atoms with van der Waals surface area (Å²) in [5.74, 6) is -1.63. The van der Waals surface area contributed by atoms with E-state index >= 15 is 0 Å². The second-order valence-corrected chi connectivity index (χ2v) is 9.49. The molecular weight excluding hydrogens is 506 g/mol. The third-order valence-corrected chi connectivity index (χ3v) is 6.07. The van der Waals surface area contributed by atoms with Gasteiger partial charge in [-0.1, -0.05) is 11.6 Å². The van der Waals surface area contributed by atoms with Crippen molar-refractivity contribution in [1.82, 2.24) is 9.78 Å². The molecule has 3 rings (SSSR count). The zero-order valence-electron chi connectivity index (χ0n) is 15.9. The first-order chi connectivity index (χ1) is 15.2. The monoisotopic (exact) mass is 517 g/mol. The number of azo groups is 1. The molecule has 0 amide bonds. The Labute approximate surface area is 189 Å². The van der Waals surface area contributed by atoms with Crippen molar-refractivity contribution in [3.8, 4) is 5.69 Å². The number of aromatic nitrogens is 2. The van der Waals surface area contributed by atoms with Crippen molar-refractivity contribution >= 4 is 54.9 Å². The number of carboxylic acid groups (broad SMARTS) is 1. The lowest BCUT2D eigenvalue weighted by Gasteiger charge is -2.05. The molecule has 0 saturated carbocycles. The Morgan fingerprint density at radius 3 is 2.09 bits per heavy atom. The fourth-order valence-corrected chi connectivity index (χ4v) is 4.09. The molecule has 6 N–H and O–H groups in total. The number of nitrogens with zero attached hydrogens (tertiary/aromatic N) is 3. The zero-order valence-corrected chi connectivity index (χ0v) is 18.3. The van der Waals surface area contributed by atoms with Gasteiger partial charge in [-0.05, 0) is 36.4 Å². The van der Waals surface area contributed by atoms with Crippen LogP contribution in [0.5, 0.6) is 0 Å². The Kier molecular flexibility index (Phi) is 6.14. The largest absolute Gasteiger partial charge is 0.476 e. The SMILES string of the molecule is Nc1cc(Cl)c(N=Nc2c(C(=O)O)[nH]n(-c3ccc(S(=O)(=O)O)cc3)c2=O)c(S(=O)(=O)O)c1. The average molecular weight is 518 g/mol. The topological polar surface area (TPSA) is 235 Å². The van der Waals surface area contributed by atoms with Crippen LogP contribution in [0.1, 0.15) is 10.5 Å². The number of nitrogens with one attached hydrogen (secondary N) is 1. The van der Waals surface area contributed by atoms with Gasteiger partial charge in [0.15, 0.2) is 11.4 Å². The smallest absolute Gasteiger partial charge is 0.356 e. The first-order valence-corrected chi connectivity index (χ1v) is 11.6. The van der Waals surface area contributed by atoms with Crippen molar-refractivity contribution in [3.05, 3.63) is 57.5 Å². The molecule has 0 saturated heterocycles. The first kappa shape index (κ1) is 24.1. The number of hydrogen-bond donors (Lipinski definition) is 5. The minimum Gasteiger partial charge on any atom is -0.476 e. The Bertz CT molecular complexity index is 1570. The molecule has 0 radical (unpaired) electrons. The molecule has 2 aromatic carbocycles. The van der Waals surface area contributed by atoms with Crippen molar-refractivity contribution in [2.75, 3.05) is 5.73 Å². The number of hydrogen-bond acceptors (Lipinski definition) is 9. The number of rotatable bonds is 6. The van der Waals surface area contributed by atoms with E-state index in [0.717, 1.165) is 36.4 Å². The van der Waals surface area contributed by atoms with Crippen molar-refractivity contribution in [2.24, 2.45) is 10.2 Å². The van der Waals surface area contributed by atoms with Crippen LogP contribution in [-0.2, 0) is 20.2 Å². The summed E-state index contributed by atoms with van der Waals surface area (Å²) in [6, 6.07) is 6.05. The lowest BCUT2D eigenvalue weighted by atomic mass is 10.3. The standard InChI is InChI=1S/C16H12ClN5O9S2/c17-10-5-7(18)6-11(33(29,30)31)12(10)19-20-13-14(16(24)25)21-22(15(13)23)8-1-3-9(4-2-8)32(26,27)28/h1-6,21H,18H2,(H,24,25)(H,26,27,28)(H,29,30,31). The van der Waals surface area contributed by atoms with Crippen molar-refractivity contribution < 1.29 is 35.8 Å². The molecule has 0 aliphatic heterocycles. The highest BCUT2D eigenvalue weighted by atomic mass is 35.5. The maximum absolute atomic E-state index is 12.7. The van der Waals surface area contributed by atoms with Gasteiger partial charge in [0.1, 0.15) is 10.6 Å². The predicted octanol–water partition coefficient (Wildman–Crippen LogP) is 2.01. The van der Waals surface area contributed by atoms with Crippen molar-refractivity contribution in [2.45, 2.75) is 9.79 Å². The number of halogens is 1. The second-order valence-electron chi connectivity index (χ2n) is 6.27. The number of H-pyrrole nitrogens is 1. The van der Waals surface area contributed by atoms with Crippen LogP contribution in [-0.4, -0.2) is 46.8 Å². The summed E-state index contributed by atoms with van der Waals surface area (Å²) in [6.45, 7) is 0. The minimum absolute atomic E-state index is 0.0273. The molecule has 0 fully saturated rings. The minimum atomic E-state index is -4.87. The van der Waals surface area contributed by atoms with Crippen LogP contribution < -0.4 is 11.3 Å². The fraction of sp³-hybridized carbons (Fsp3) is 0. The summed E-state index contributed by atoms with van der Waals surface area (Å²) in [4.78, 5) is 23.0. The van der Waals surface area contributed by atoms with Crippen LogP contribution in [0, 0.1) is 0 Å². The maximum Gasteiger partial charge on any atom is 0.356 e. The van der Waals surface area contributed by atoms with Crippen LogP contribution in [0.2, 0.25) is 5.02 Å². The summed E-state index contributed by atoms with van der Waals surface area (Å²) in [5.41, 5.74) is 2.17. The van der Waals surface area contributed by atoms with Crippen LogP contribution in [0.3, 0.4) is 0 Å². The number of carbonyl (C=O) groups is 1. The molecule has 0 aliphatic rings. The van der Waals surface area contributed by atoms with E-state index in [0.29, 0.717) is 4.68 Å². The normalized spacial score (nSPS) is 12.3. The summed E-state index contributed by atoms with van der Waals surface area (Å²) in [6.07, 6.45) is 0. The molecule has 174 valence electrons. The molecule has 1 aromatic heterocycles. The first-order valence-electron chi connectivity index (χ1n) is 8.34. The van der Waals surface area contributed by atoms with Crippen LogP contribution >= 0.6 is 11.6 Å². The van der Waals surface area contributed by atoms with E-state index < -0.39 is 58.6 Å². The molecule has 14 nitrogen and oxygen atoms in total. The number of aromatic carboxylic acids is 1. The third-order valence-electron chi connectivity index (χ3n) is 4.05. The van der Waals surface area contributed by atoms with Gasteiger partial charge in [0.2, 0.25) is 0 Å². The van der Waals surface area contributed by atoms with Gasteiger partial charge in [0, 0.05) is 5.69 Å². The Balaban J connectivity index is 2.17. The lowest BCUT2D eigenvalue weighted by Crippen LogP contribution is -2.14. The van der Waals surface area contributed by atoms with E-state index in [1.807, 2.05) is 0 Å². The van der Waals surface area contributed by atoms with E-state index in [1.165, 1.54) is 0 Å². The van der Waals surface area contributed by atoms with E-state index in [1.54, 1.807) is 0 Å². The van der Waals surface area contributed by atoms with E-state index in [-0.39, 0.29) is 16.4 Å². The Morgan fingerprint density at radius 1 is 1.00 bits per heavy atom. The van der Waals surface area contributed by atoms with Gasteiger partial charge in [0.05, 0.1) is 15.6 Å². The van der Waals surface area contributed by atoms with Gasteiger partial charge in [-0.15, -0.1) is 10.2 Å². The van der Waals surface area contributed by atoms with Crippen molar-refractivity contribution in [3.63, 3.8) is 0 Å². The van der Waals surface area contributed by atoms with Gasteiger partial charge in [-0.25, -0.2) is 9.48 Å². The molecule has 1 heterocycles. The molecular formula is C16H12ClN5O9S2. The Hall–Kier alpha value is -3.57. The number of anilines is 1. The molecule has 0 aliphatic carbocycles. The summed E-state index contributed by atoms with van der Waals surface area (Å²) in [5, 5.41) is 18.3. The van der Waals surface area contributed by atoms with Gasteiger partial charge in [0.25, 0.3) is 25.8 Å². The van der Waals surface area contributed by atoms with E-state index in [4.69, 9.17) is 21.9 Å². The highest BCUT2D eigenvalue weighted by Gasteiger charge is 2.23. The van der Waals surface area contributed by atoms with Crippen molar-refractivity contribution in [1.29, 1.82) is 0 Å². The lowest BCUT2D eigenvalue weighted by molar-refractivity contribution is 0.0690. The molecule has 0 atom stereocenters. The van der Waals surface area contributed by atoms with E-state index in [2.05, 4.69) is 15.3 Å². The number of aromatic amines is 1. The van der Waals surface area contributed by atoms with Gasteiger partial charge in [-0.3, -0.25) is 19.0 Å². The average Bonchev–Trinajstić information content (AvgIpc) is 3.02. The summed E-state index contributed by atoms with van der Waals surface area (Å²) < 4.78 is 64.6. The molecule has 0 spiro atoms. The molecule has 17 heteroatoms. The summed E-state index contributed by atoms with van der Waals surface area (Å²) in [7, 11) is -9.38. The zero-order chi connectivity index (χ0) is 24.7. The van der Waals surface area contributed by atoms with Crippen LogP contribution in [0.4, 0.5) is 17.1 Å². The fourth-order valence-electron chi connectivity index (χ4n) is 2.61. The molecule has 0 unspecified atom stereocenters.